The van der Waals surface area contributed by atoms with Crippen LogP contribution in [0.4, 0.5) is 5.69 Å². The van der Waals surface area contributed by atoms with Gasteiger partial charge in [0.25, 0.3) is 5.91 Å². The molecule has 27 heavy (non-hydrogen) atoms. The quantitative estimate of drug-likeness (QED) is 0.516. The molecule has 0 bridgehead atoms. The highest BCUT2D eigenvalue weighted by molar-refractivity contribution is 14.1. The van der Waals surface area contributed by atoms with Crippen molar-refractivity contribution in [2.75, 3.05) is 11.6 Å². The second-order valence-corrected chi connectivity index (χ2v) is 9.36. The van der Waals surface area contributed by atoms with E-state index in [0.29, 0.717) is 25.5 Å². The fourth-order valence-corrected chi connectivity index (χ4v) is 3.87. The van der Waals surface area contributed by atoms with Gasteiger partial charge in [-0.3, -0.25) is 9.78 Å². The number of benzene rings is 2. The average molecular weight is 513 g/mol. The monoisotopic (exact) mass is 512 g/mol. The molecule has 2 aromatic carbocycles. The zero-order valence-corrected chi connectivity index (χ0v) is 17.8. The second-order valence-electron chi connectivity index (χ2n) is 5.78. The Balaban J connectivity index is 1.94. The zero-order valence-electron chi connectivity index (χ0n) is 14.1. The van der Waals surface area contributed by atoms with Crippen molar-refractivity contribution in [2.24, 2.45) is 0 Å². The summed E-state index contributed by atoms with van der Waals surface area (Å²) >= 11 is 8.26. The van der Waals surface area contributed by atoms with Crippen molar-refractivity contribution in [1.29, 1.82) is 0 Å². The molecule has 3 rings (SSSR count). The maximum atomic E-state index is 12.7. The van der Waals surface area contributed by atoms with Gasteiger partial charge in [-0.25, -0.2) is 8.42 Å². The molecule has 0 atom stereocenters. The summed E-state index contributed by atoms with van der Waals surface area (Å²) in [5.74, 6) is -0.404. The maximum absolute atomic E-state index is 12.7. The van der Waals surface area contributed by atoms with Gasteiger partial charge in [0.15, 0.2) is 9.84 Å². The lowest BCUT2D eigenvalue weighted by Crippen LogP contribution is -2.14. The molecule has 0 radical (unpaired) electrons. The highest BCUT2D eigenvalue weighted by Crippen LogP contribution is 2.29. The van der Waals surface area contributed by atoms with Crippen LogP contribution >= 0.6 is 34.2 Å². The van der Waals surface area contributed by atoms with E-state index in [1.807, 2.05) is 34.7 Å². The number of pyridine rings is 1. The molecule has 0 fully saturated rings. The maximum Gasteiger partial charge on any atom is 0.256 e. The molecule has 0 unspecified atom stereocenters. The number of aromatic nitrogens is 1. The van der Waals surface area contributed by atoms with E-state index in [-0.39, 0.29) is 10.5 Å². The van der Waals surface area contributed by atoms with E-state index in [4.69, 9.17) is 11.6 Å². The topological polar surface area (TPSA) is 76.1 Å². The van der Waals surface area contributed by atoms with Crippen LogP contribution < -0.4 is 5.32 Å². The molecule has 0 aliphatic carbocycles. The molecule has 0 aliphatic rings. The summed E-state index contributed by atoms with van der Waals surface area (Å²) in [6.45, 7) is 0. The lowest BCUT2D eigenvalue weighted by molar-refractivity contribution is 0.102. The van der Waals surface area contributed by atoms with Crippen molar-refractivity contribution < 1.29 is 13.2 Å². The third-order valence-corrected chi connectivity index (χ3v) is 6.16. The van der Waals surface area contributed by atoms with Gasteiger partial charge in [0.05, 0.1) is 21.2 Å². The number of carbonyl (C=O) groups excluding carboxylic acids is 1. The van der Waals surface area contributed by atoms with Crippen molar-refractivity contribution in [3.05, 3.63) is 75.0 Å². The van der Waals surface area contributed by atoms with Gasteiger partial charge in [-0.1, -0.05) is 17.7 Å². The number of halogens is 2. The number of nitrogens with one attached hydrogen (secondary N) is 1. The SMILES string of the molecule is CS(=O)(=O)c1ccc(I)c(C(=O)Nc2ccc(Cl)c(-c3ccccn3)c2)c1. The van der Waals surface area contributed by atoms with Crippen LogP contribution in [-0.4, -0.2) is 25.6 Å². The Bertz CT molecular complexity index is 1120. The predicted molar refractivity (Wildman–Crippen MR) is 115 cm³/mol. The first-order valence-electron chi connectivity index (χ1n) is 7.77. The van der Waals surface area contributed by atoms with Gasteiger partial charge in [0.1, 0.15) is 0 Å². The van der Waals surface area contributed by atoms with Gasteiger partial charge in [0, 0.05) is 27.3 Å². The minimum Gasteiger partial charge on any atom is -0.322 e. The van der Waals surface area contributed by atoms with E-state index in [0.717, 1.165) is 6.26 Å². The third kappa shape index (κ3) is 4.66. The molecule has 1 N–H and O–H groups in total. The Morgan fingerprint density at radius 1 is 1.11 bits per heavy atom. The normalized spacial score (nSPS) is 11.2. The number of carbonyl (C=O) groups is 1. The van der Waals surface area contributed by atoms with Crippen LogP contribution in [0.5, 0.6) is 0 Å². The summed E-state index contributed by atoms with van der Waals surface area (Å²) in [6.07, 6.45) is 2.77. The lowest BCUT2D eigenvalue weighted by atomic mass is 10.1. The minimum atomic E-state index is -3.41. The Labute approximate surface area is 175 Å². The summed E-state index contributed by atoms with van der Waals surface area (Å²) < 4.78 is 24.2. The van der Waals surface area contributed by atoms with Crippen LogP contribution in [-0.2, 0) is 9.84 Å². The molecule has 3 aromatic rings. The average Bonchev–Trinajstić information content (AvgIpc) is 2.63. The molecule has 0 saturated heterocycles. The number of nitrogens with zero attached hydrogens (tertiary/aromatic N) is 1. The highest BCUT2D eigenvalue weighted by Gasteiger charge is 2.16. The zero-order chi connectivity index (χ0) is 19.6. The van der Waals surface area contributed by atoms with E-state index in [9.17, 15) is 13.2 Å². The van der Waals surface area contributed by atoms with Gasteiger partial charge in [-0.2, -0.15) is 0 Å². The second kappa shape index (κ2) is 7.95. The molecule has 138 valence electrons. The van der Waals surface area contributed by atoms with Crippen LogP contribution in [0.2, 0.25) is 5.02 Å². The third-order valence-electron chi connectivity index (χ3n) is 3.78. The van der Waals surface area contributed by atoms with Gasteiger partial charge < -0.3 is 5.32 Å². The molecule has 1 aromatic heterocycles. The largest absolute Gasteiger partial charge is 0.322 e. The van der Waals surface area contributed by atoms with Crippen LogP contribution in [0.15, 0.2) is 65.7 Å². The summed E-state index contributed by atoms with van der Waals surface area (Å²) in [5.41, 5.74) is 2.19. The summed E-state index contributed by atoms with van der Waals surface area (Å²) in [5, 5.41) is 3.30. The van der Waals surface area contributed by atoms with Gasteiger partial charge in [0.2, 0.25) is 0 Å². The van der Waals surface area contributed by atoms with Crippen molar-refractivity contribution in [3.8, 4) is 11.3 Å². The smallest absolute Gasteiger partial charge is 0.256 e. The highest BCUT2D eigenvalue weighted by atomic mass is 127. The van der Waals surface area contributed by atoms with Gasteiger partial charge in [-0.15, -0.1) is 0 Å². The summed E-state index contributed by atoms with van der Waals surface area (Å²) in [6, 6.07) is 15.0. The fourth-order valence-electron chi connectivity index (χ4n) is 2.43. The van der Waals surface area contributed by atoms with Crippen LogP contribution in [0, 0.1) is 3.57 Å². The van der Waals surface area contributed by atoms with E-state index in [2.05, 4.69) is 10.3 Å². The van der Waals surface area contributed by atoms with E-state index in [1.165, 1.54) is 12.1 Å². The fraction of sp³-hybridized carbons (Fsp3) is 0.0526. The van der Waals surface area contributed by atoms with E-state index < -0.39 is 15.7 Å². The van der Waals surface area contributed by atoms with Crippen LogP contribution in [0.25, 0.3) is 11.3 Å². The first kappa shape index (κ1) is 19.8. The molecule has 0 saturated carbocycles. The molecule has 0 aliphatic heterocycles. The van der Waals surface area contributed by atoms with Gasteiger partial charge in [-0.05, 0) is 71.1 Å². The van der Waals surface area contributed by atoms with Crippen LogP contribution in [0.3, 0.4) is 0 Å². The lowest BCUT2D eigenvalue weighted by Gasteiger charge is -2.11. The molecular weight excluding hydrogens is 499 g/mol. The van der Waals surface area contributed by atoms with Crippen molar-refractivity contribution in [3.63, 3.8) is 0 Å². The molecule has 1 heterocycles. The number of rotatable bonds is 4. The Morgan fingerprint density at radius 2 is 1.89 bits per heavy atom. The first-order valence-corrected chi connectivity index (χ1v) is 11.1. The summed E-state index contributed by atoms with van der Waals surface area (Å²) in [7, 11) is -3.41. The van der Waals surface area contributed by atoms with Crippen molar-refractivity contribution in [2.45, 2.75) is 4.90 Å². The van der Waals surface area contributed by atoms with Crippen molar-refractivity contribution in [1.82, 2.24) is 4.98 Å². The minimum absolute atomic E-state index is 0.0957. The molecular formula is C19H14ClIN2O3S. The molecule has 1 amide bonds. The summed E-state index contributed by atoms with van der Waals surface area (Å²) in [4.78, 5) is 17.1. The first-order chi connectivity index (χ1) is 12.8. The standard InChI is InChI=1S/C19H14ClIN2O3S/c1-27(25,26)13-6-8-17(21)15(11-13)19(24)23-12-5-7-16(20)14(10-12)18-4-2-3-9-22-18/h2-11H,1H3,(H,23,24). The van der Waals surface area contributed by atoms with E-state index in [1.54, 1.807) is 36.5 Å². The van der Waals surface area contributed by atoms with Gasteiger partial charge >= 0.3 is 0 Å². The Kier molecular flexibility index (Phi) is 5.83. The Morgan fingerprint density at radius 3 is 2.56 bits per heavy atom. The molecule has 0 spiro atoms. The Hall–Kier alpha value is -1.97. The number of amides is 1. The van der Waals surface area contributed by atoms with E-state index >= 15 is 0 Å². The molecule has 5 nitrogen and oxygen atoms in total. The van der Waals surface area contributed by atoms with Crippen molar-refractivity contribution >= 4 is 55.6 Å². The number of sulfone groups is 1. The number of hydrogen-bond donors (Lipinski definition) is 1. The molecule has 8 heteroatoms. The predicted octanol–water partition coefficient (Wildman–Crippen LogP) is 4.66. The van der Waals surface area contributed by atoms with Crippen LogP contribution in [0.1, 0.15) is 10.4 Å². The number of hydrogen-bond acceptors (Lipinski definition) is 4. The number of anilines is 1.